The van der Waals surface area contributed by atoms with E-state index in [2.05, 4.69) is 20.9 Å². The fraction of sp³-hybridized carbons (Fsp3) is 0.500. The average molecular weight is 380 g/mol. The number of aryl methyl sites for hydroxylation is 1. The maximum Gasteiger partial charge on any atom is 0.227 e. The summed E-state index contributed by atoms with van der Waals surface area (Å²) >= 11 is 0. The number of carbonyl (C=O) groups excluding carboxylic acids is 1. The zero-order valence-corrected chi connectivity index (χ0v) is 16.4. The lowest BCUT2D eigenvalue weighted by Crippen LogP contribution is -2.60. The van der Waals surface area contributed by atoms with Crippen molar-refractivity contribution in [3.8, 4) is 0 Å². The summed E-state index contributed by atoms with van der Waals surface area (Å²) in [5.41, 5.74) is 1.91. The molecule has 1 N–H and O–H groups in total. The molecule has 2 aliphatic heterocycles. The zero-order chi connectivity index (χ0) is 19.6. The van der Waals surface area contributed by atoms with Gasteiger partial charge in [-0.15, -0.1) is 0 Å². The number of piperidine rings is 2. The number of hydrogen-bond donors (Lipinski definition) is 1. The summed E-state index contributed by atoms with van der Waals surface area (Å²) in [6.45, 7) is 4.84. The predicted octanol–water partition coefficient (Wildman–Crippen LogP) is 2.21. The van der Waals surface area contributed by atoms with Gasteiger partial charge in [0.1, 0.15) is 0 Å². The van der Waals surface area contributed by atoms with Gasteiger partial charge >= 0.3 is 0 Å². The van der Waals surface area contributed by atoms with Crippen molar-refractivity contribution in [2.24, 2.45) is 5.41 Å². The summed E-state index contributed by atoms with van der Waals surface area (Å²) in [5.74, 6) is 0.849. The molecule has 0 bridgehead atoms. The SMILES string of the molecule is Cc1cccc(CC(=O)N2CCC[C@]3(C2)CN(c2ncccn2)CC[C@H]3O)c1. The van der Waals surface area contributed by atoms with Crippen LogP contribution in [0.1, 0.15) is 30.4 Å². The maximum atomic E-state index is 13.0. The Kier molecular flexibility index (Phi) is 5.31. The van der Waals surface area contributed by atoms with Gasteiger partial charge in [-0.3, -0.25) is 4.79 Å². The molecule has 2 fully saturated rings. The highest BCUT2D eigenvalue weighted by atomic mass is 16.3. The predicted molar refractivity (Wildman–Crippen MR) is 108 cm³/mol. The second-order valence-electron chi connectivity index (χ2n) is 8.22. The third kappa shape index (κ3) is 3.87. The van der Waals surface area contributed by atoms with Crippen LogP contribution < -0.4 is 4.90 Å². The number of rotatable bonds is 3. The molecule has 28 heavy (non-hydrogen) atoms. The fourth-order valence-electron chi connectivity index (χ4n) is 4.66. The lowest BCUT2D eigenvalue weighted by molar-refractivity contribution is -0.137. The number of anilines is 1. The van der Waals surface area contributed by atoms with Crippen molar-refractivity contribution in [2.45, 2.75) is 38.7 Å². The molecule has 2 saturated heterocycles. The molecule has 2 aromatic rings. The van der Waals surface area contributed by atoms with Crippen LogP contribution in [0.25, 0.3) is 0 Å². The van der Waals surface area contributed by atoms with Crippen LogP contribution in [0, 0.1) is 12.3 Å². The molecular weight excluding hydrogens is 352 g/mol. The number of nitrogens with zero attached hydrogens (tertiary/aromatic N) is 4. The quantitative estimate of drug-likeness (QED) is 0.884. The fourth-order valence-corrected chi connectivity index (χ4v) is 4.66. The van der Waals surface area contributed by atoms with Gasteiger partial charge in [0, 0.05) is 44.0 Å². The van der Waals surface area contributed by atoms with Crippen molar-refractivity contribution in [1.82, 2.24) is 14.9 Å². The minimum absolute atomic E-state index is 0.143. The van der Waals surface area contributed by atoms with Gasteiger partial charge < -0.3 is 14.9 Å². The second-order valence-corrected chi connectivity index (χ2v) is 8.22. The van der Waals surface area contributed by atoms with Crippen LogP contribution in [0.15, 0.2) is 42.7 Å². The first-order valence-electron chi connectivity index (χ1n) is 10.1. The van der Waals surface area contributed by atoms with E-state index in [1.807, 2.05) is 36.1 Å². The molecule has 6 nitrogen and oxygen atoms in total. The van der Waals surface area contributed by atoms with Crippen molar-refractivity contribution in [3.63, 3.8) is 0 Å². The number of hydrogen-bond acceptors (Lipinski definition) is 5. The van der Waals surface area contributed by atoms with Gasteiger partial charge in [0.2, 0.25) is 11.9 Å². The van der Waals surface area contributed by atoms with Gasteiger partial charge in [-0.2, -0.15) is 0 Å². The van der Waals surface area contributed by atoms with Crippen LogP contribution in [-0.4, -0.2) is 58.2 Å². The number of aromatic nitrogens is 2. The lowest BCUT2D eigenvalue weighted by atomic mass is 9.71. The Labute approximate surface area is 166 Å². The van der Waals surface area contributed by atoms with Crippen LogP contribution in [0.2, 0.25) is 0 Å². The zero-order valence-electron chi connectivity index (χ0n) is 16.4. The molecule has 1 aromatic carbocycles. The molecule has 4 rings (SSSR count). The van der Waals surface area contributed by atoms with Gasteiger partial charge in [0.05, 0.1) is 12.5 Å². The van der Waals surface area contributed by atoms with Gasteiger partial charge in [-0.05, 0) is 37.8 Å². The Balaban J connectivity index is 1.48. The minimum Gasteiger partial charge on any atom is -0.392 e. The Morgan fingerprint density at radius 1 is 1.21 bits per heavy atom. The van der Waals surface area contributed by atoms with Gasteiger partial charge in [-0.25, -0.2) is 9.97 Å². The monoisotopic (exact) mass is 380 g/mol. The summed E-state index contributed by atoms with van der Waals surface area (Å²) < 4.78 is 0. The number of amides is 1. The number of carbonyl (C=O) groups is 1. The lowest BCUT2D eigenvalue weighted by Gasteiger charge is -2.51. The second kappa shape index (κ2) is 7.87. The van der Waals surface area contributed by atoms with E-state index in [0.29, 0.717) is 31.9 Å². The topological polar surface area (TPSA) is 69.6 Å². The van der Waals surface area contributed by atoms with Crippen LogP contribution in [0.5, 0.6) is 0 Å². The van der Waals surface area contributed by atoms with E-state index in [1.165, 1.54) is 5.56 Å². The minimum atomic E-state index is -0.401. The van der Waals surface area contributed by atoms with Crippen LogP contribution in [0.4, 0.5) is 5.95 Å². The molecule has 1 aromatic heterocycles. The summed E-state index contributed by atoms with van der Waals surface area (Å²) in [6, 6.07) is 9.93. The molecule has 1 amide bonds. The Morgan fingerprint density at radius 2 is 2.04 bits per heavy atom. The third-order valence-corrected chi connectivity index (χ3v) is 6.12. The Morgan fingerprint density at radius 3 is 2.82 bits per heavy atom. The van der Waals surface area contributed by atoms with Crippen molar-refractivity contribution < 1.29 is 9.90 Å². The first-order chi connectivity index (χ1) is 13.6. The van der Waals surface area contributed by atoms with Crippen LogP contribution >= 0.6 is 0 Å². The third-order valence-electron chi connectivity index (χ3n) is 6.12. The summed E-state index contributed by atoms with van der Waals surface area (Å²) in [7, 11) is 0. The van der Waals surface area contributed by atoms with Crippen molar-refractivity contribution in [3.05, 3.63) is 53.9 Å². The molecule has 0 saturated carbocycles. The smallest absolute Gasteiger partial charge is 0.227 e. The van der Waals surface area contributed by atoms with E-state index in [9.17, 15) is 9.90 Å². The molecule has 6 heteroatoms. The van der Waals surface area contributed by atoms with Crippen LogP contribution in [0.3, 0.4) is 0 Å². The van der Waals surface area contributed by atoms with E-state index >= 15 is 0 Å². The Bertz CT molecular complexity index is 828. The van der Waals surface area contributed by atoms with Crippen molar-refractivity contribution in [2.75, 3.05) is 31.1 Å². The first-order valence-corrected chi connectivity index (χ1v) is 10.1. The van der Waals surface area contributed by atoms with E-state index in [1.54, 1.807) is 12.4 Å². The Hall–Kier alpha value is -2.47. The summed E-state index contributed by atoms with van der Waals surface area (Å²) in [4.78, 5) is 25.8. The van der Waals surface area contributed by atoms with Crippen molar-refractivity contribution >= 4 is 11.9 Å². The molecule has 2 aliphatic rings. The number of benzene rings is 1. The highest BCUT2D eigenvalue weighted by Gasteiger charge is 2.46. The number of aliphatic hydroxyl groups excluding tert-OH is 1. The van der Waals surface area contributed by atoms with E-state index in [-0.39, 0.29) is 11.3 Å². The van der Waals surface area contributed by atoms with E-state index in [4.69, 9.17) is 0 Å². The molecule has 0 radical (unpaired) electrons. The normalized spacial score (nSPS) is 25.1. The maximum absolute atomic E-state index is 13.0. The van der Waals surface area contributed by atoms with Crippen molar-refractivity contribution in [1.29, 1.82) is 0 Å². The van der Waals surface area contributed by atoms with Gasteiger partial charge in [0.25, 0.3) is 0 Å². The number of likely N-dealkylation sites (tertiary alicyclic amines) is 1. The molecular formula is C22H28N4O2. The molecule has 3 heterocycles. The van der Waals surface area contributed by atoms with Gasteiger partial charge in [-0.1, -0.05) is 29.8 Å². The molecule has 1 spiro atoms. The van der Waals surface area contributed by atoms with Gasteiger partial charge in [0.15, 0.2) is 0 Å². The molecule has 0 unspecified atom stereocenters. The number of aliphatic hydroxyl groups is 1. The first kappa shape index (κ1) is 18.9. The molecule has 0 aliphatic carbocycles. The summed E-state index contributed by atoms with van der Waals surface area (Å²) in [6.07, 6.45) is 6.03. The highest BCUT2D eigenvalue weighted by Crippen LogP contribution is 2.39. The summed E-state index contributed by atoms with van der Waals surface area (Å²) in [5, 5.41) is 10.9. The largest absolute Gasteiger partial charge is 0.392 e. The standard InChI is InChI=1S/C22H28N4O2/c1-17-5-2-6-18(13-17)14-20(28)25-11-3-8-22(15-25)16-26(12-7-19(22)27)21-23-9-4-10-24-21/h2,4-6,9-10,13,19,27H,3,7-8,11-12,14-16H2,1H3/t19-,22+/m1/s1. The molecule has 148 valence electrons. The molecule has 2 atom stereocenters. The van der Waals surface area contributed by atoms with E-state index < -0.39 is 6.10 Å². The highest BCUT2D eigenvalue weighted by molar-refractivity contribution is 5.79. The van der Waals surface area contributed by atoms with E-state index in [0.717, 1.165) is 31.5 Å². The van der Waals surface area contributed by atoms with Crippen LogP contribution in [-0.2, 0) is 11.2 Å². The average Bonchev–Trinajstić information content (AvgIpc) is 2.71.